The Kier molecular flexibility index (Phi) is 7.87. The van der Waals surface area contributed by atoms with Crippen LogP contribution in [0, 0.1) is 6.57 Å². The van der Waals surface area contributed by atoms with E-state index in [2.05, 4.69) is 99.6 Å². The molecule has 1 spiro atoms. The number of likely N-dealkylation sites (tertiary alicyclic amines) is 1. The van der Waals surface area contributed by atoms with Crippen LogP contribution >= 0.6 is 0 Å². The average molecular weight is 493 g/mol. The van der Waals surface area contributed by atoms with Gasteiger partial charge in [0.25, 0.3) is 0 Å². The molecule has 5 rings (SSSR count). The van der Waals surface area contributed by atoms with E-state index in [0.29, 0.717) is 25.7 Å². The number of carbonyl (C=O) groups is 1. The Bertz CT molecular complexity index is 1140. The molecule has 5 nitrogen and oxygen atoms in total. The first-order chi connectivity index (χ1) is 18.2. The number of benzene rings is 3. The third-order valence-electron chi connectivity index (χ3n) is 8.10. The Labute approximate surface area is 221 Å². The summed E-state index contributed by atoms with van der Waals surface area (Å²) in [6, 6.07) is 32.0. The highest BCUT2D eigenvalue weighted by molar-refractivity contribution is 5.93. The number of amides is 1. The van der Waals surface area contributed by atoms with Gasteiger partial charge in [-0.25, -0.2) is 6.57 Å². The van der Waals surface area contributed by atoms with E-state index in [9.17, 15) is 4.79 Å². The molecule has 2 saturated heterocycles. The van der Waals surface area contributed by atoms with Gasteiger partial charge in [0.2, 0.25) is 12.5 Å². The van der Waals surface area contributed by atoms with E-state index < -0.39 is 5.54 Å². The fourth-order valence-corrected chi connectivity index (χ4v) is 6.07. The summed E-state index contributed by atoms with van der Waals surface area (Å²) in [5, 5.41) is 0. The molecule has 3 aromatic carbocycles. The van der Waals surface area contributed by atoms with Gasteiger partial charge >= 0.3 is 0 Å². The van der Waals surface area contributed by atoms with Crippen LogP contribution in [0.2, 0.25) is 0 Å². The summed E-state index contributed by atoms with van der Waals surface area (Å²) in [7, 11) is 0. The van der Waals surface area contributed by atoms with Crippen LogP contribution in [0.5, 0.6) is 0 Å². The van der Waals surface area contributed by atoms with Crippen LogP contribution in [0.25, 0.3) is 4.85 Å². The van der Waals surface area contributed by atoms with Gasteiger partial charge in [-0.3, -0.25) is 4.79 Å². The van der Waals surface area contributed by atoms with Gasteiger partial charge in [0, 0.05) is 37.7 Å². The standard InChI is InChI=1S/C32H36N4O/c1-33-21-11-22-35-26-36(29-16-9-4-10-17-29)32(31(35)37)19-24-34(25-20-32)23-18-30(27-12-5-2-6-13-27)28-14-7-3-8-15-28/h2-10,12-17,30H,11,18-26H2. The van der Waals surface area contributed by atoms with Crippen molar-refractivity contribution < 1.29 is 4.79 Å². The Hall–Kier alpha value is -3.62. The van der Waals surface area contributed by atoms with Crippen molar-refractivity contribution in [1.29, 1.82) is 0 Å². The maximum Gasteiger partial charge on any atom is 0.250 e. The summed E-state index contributed by atoms with van der Waals surface area (Å²) in [5.74, 6) is 0.609. The van der Waals surface area contributed by atoms with Crippen LogP contribution in [0.1, 0.15) is 42.7 Å². The van der Waals surface area contributed by atoms with E-state index in [4.69, 9.17) is 6.57 Å². The minimum absolute atomic E-state index is 0.243. The molecule has 0 aromatic heterocycles. The molecule has 0 N–H and O–H groups in total. The molecular weight excluding hydrogens is 456 g/mol. The van der Waals surface area contributed by atoms with Crippen molar-refractivity contribution in [3.63, 3.8) is 0 Å². The van der Waals surface area contributed by atoms with Crippen molar-refractivity contribution in [2.75, 3.05) is 44.3 Å². The van der Waals surface area contributed by atoms with Gasteiger partial charge < -0.3 is 19.5 Å². The first-order valence-electron chi connectivity index (χ1n) is 13.5. The van der Waals surface area contributed by atoms with Crippen molar-refractivity contribution in [3.05, 3.63) is 114 Å². The lowest BCUT2D eigenvalue weighted by Crippen LogP contribution is -2.56. The maximum atomic E-state index is 13.8. The summed E-state index contributed by atoms with van der Waals surface area (Å²) in [4.78, 5) is 24.1. The molecule has 0 unspecified atom stereocenters. The maximum absolute atomic E-state index is 13.8. The molecule has 0 atom stereocenters. The van der Waals surface area contributed by atoms with E-state index in [1.807, 2.05) is 11.0 Å². The molecule has 0 bridgehead atoms. The van der Waals surface area contributed by atoms with Gasteiger partial charge in [-0.05, 0) is 49.1 Å². The topological polar surface area (TPSA) is 31.1 Å². The number of carbonyl (C=O) groups excluding carboxylic acids is 1. The zero-order chi connectivity index (χ0) is 25.5. The van der Waals surface area contributed by atoms with Crippen LogP contribution in [-0.4, -0.2) is 60.6 Å². The average Bonchev–Trinajstić information content (AvgIpc) is 3.22. The van der Waals surface area contributed by atoms with Crippen molar-refractivity contribution in [3.8, 4) is 0 Å². The van der Waals surface area contributed by atoms with Crippen molar-refractivity contribution in [2.24, 2.45) is 0 Å². The quantitative estimate of drug-likeness (QED) is 0.285. The monoisotopic (exact) mass is 492 g/mol. The van der Waals surface area contributed by atoms with Gasteiger partial charge in [0.15, 0.2) is 0 Å². The second-order valence-corrected chi connectivity index (χ2v) is 10.2. The molecule has 190 valence electrons. The number of para-hydroxylation sites is 1. The third kappa shape index (κ3) is 5.40. The molecule has 3 aromatic rings. The van der Waals surface area contributed by atoms with Crippen LogP contribution in [-0.2, 0) is 4.79 Å². The molecule has 5 heteroatoms. The van der Waals surface area contributed by atoms with Gasteiger partial charge in [-0.1, -0.05) is 78.9 Å². The number of hydrogen-bond acceptors (Lipinski definition) is 3. The molecule has 37 heavy (non-hydrogen) atoms. The second-order valence-electron chi connectivity index (χ2n) is 10.2. The van der Waals surface area contributed by atoms with Gasteiger partial charge in [0.1, 0.15) is 5.54 Å². The van der Waals surface area contributed by atoms with Crippen molar-refractivity contribution in [2.45, 2.75) is 37.1 Å². The molecular formula is C32H36N4O. The number of hydrogen-bond donors (Lipinski definition) is 0. The number of rotatable bonds is 9. The largest absolute Gasteiger partial charge is 0.339 e. The normalized spacial score (nSPS) is 17.5. The fourth-order valence-electron chi connectivity index (χ4n) is 6.07. The molecule has 2 aliphatic rings. The van der Waals surface area contributed by atoms with Crippen molar-refractivity contribution in [1.82, 2.24) is 9.80 Å². The van der Waals surface area contributed by atoms with E-state index in [-0.39, 0.29) is 5.91 Å². The Morgan fingerprint density at radius 3 is 1.95 bits per heavy atom. The van der Waals surface area contributed by atoms with E-state index in [0.717, 1.165) is 51.0 Å². The number of anilines is 1. The molecule has 2 heterocycles. The van der Waals surface area contributed by atoms with E-state index in [1.54, 1.807) is 0 Å². The minimum Gasteiger partial charge on any atom is -0.339 e. The van der Waals surface area contributed by atoms with Gasteiger partial charge in [0.05, 0.1) is 6.67 Å². The Morgan fingerprint density at radius 2 is 1.38 bits per heavy atom. The van der Waals surface area contributed by atoms with E-state index >= 15 is 0 Å². The molecule has 0 aliphatic carbocycles. The predicted molar refractivity (Wildman–Crippen MR) is 149 cm³/mol. The SMILES string of the molecule is [C-]#[N+]CCCN1CN(c2ccccc2)C2(CCN(CCC(c3ccccc3)c3ccccc3)CC2)C1=O. The summed E-state index contributed by atoms with van der Waals surface area (Å²) in [5.41, 5.74) is 3.36. The number of piperidine rings is 1. The van der Waals surface area contributed by atoms with Gasteiger partial charge in [-0.15, -0.1) is 0 Å². The third-order valence-corrected chi connectivity index (χ3v) is 8.10. The summed E-state index contributed by atoms with van der Waals surface area (Å²) < 4.78 is 0. The molecule has 0 saturated carbocycles. The highest BCUT2D eigenvalue weighted by Gasteiger charge is 2.53. The lowest BCUT2D eigenvalue weighted by molar-refractivity contribution is -0.133. The highest BCUT2D eigenvalue weighted by Crippen LogP contribution is 2.40. The zero-order valence-corrected chi connectivity index (χ0v) is 21.5. The summed E-state index contributed by atoms with van der Waals surface area (Å²) in [6.07, 6.45) is 3.46. The molecule has 2 aliphatic heterocycles. The number of nitrogens with zero attached hydrogens (tertiary/aromatic N) is 4. The fraction of sp³-hybridized carbons (Fsp3) is 0.375. The summed E-state index contributed by atoms with van der Waals surface area (Å²) in [6.45, 7) is 11.7. The van der Waals surface area contributed by atoms with Gasteiger partial charge in [-0.2, -0.15) is 0 Å². The zero-order valence-electron chi connectivity index (χ0n) is 21.5. The van der Waals surface area contributed by atoms with Crippen LogP contribution in [0.4, 0.5) is 5.69 Å². The highest BCUT2D eigenvalue weighted by atomic mass is 16.2. The first-order valence-corrected chi connectivity index (χ1v) is 13.5. The molecule has 1 amide bonds. The lowest BCUT2D eigenvalue weighted by atomic mass is 9.84. The van der Waals surface area contributed by atoms with Crippen molar-refractivity contribution >= 4 is 11.6 Å². The minimum atomic E-state index is -0.478. The van der Waals surface area contributed by atoms with E-state index in [1.165, 1.54) is 11.1 Å². The Morgan fingerprint density at radius 1 is 0.811 bits per heavy atom. The molecule has 2 fully saturated rings. The van der Waals surface area contributed by atoms with Crippen LogP contribution < -0.4 is 4.90 Å². The van der Waals surface area contributed by atoms with Crippen LogP contribution in [0.15, 0.2) is 91.0 Å². The second kappa shape index (κ2) is 11.6. The smallest absolute Gasteiger partial charge is 0.250 e. The van der Waals surface area contributed by atoms with Crippen LogP contribution in [0.3, 0.4) is 0 Å². The lowest BCUT2D eigenvalue weighted by Gasteiger charge is -2.43. The summed E-state index contributed by atoms with van der Waals surface area (Å²) >= 11 is 0. The molecule has 0 radical (unpaired) electrons. The predicted octanol–water partition coefficient (Wildman–Crippen LogP) is 5.66. The Balaban J connectivity index is 1.28. The first kappa shape index (κ1) is 25.0.